The van der Waals surface area contributed by atoms with Crippen molar-refractivity contribution in [2.45, 2.75) is 44.3 Å². The highest BCUT2D eigenvalue weighted by molar-refractivity contribution is 6.31. The molecule has 2 atom stereocenters. The van der Waals surface area contributed by atoms with Crippen LogP contribution in [-0.2, 0) is 9.53 Å². The van der Waals surface area contributed by atoms with Crippen molar-refractivity contribution in [3.8, 4) is 0 Å². The molecule has 0 bridgehead atoms. The predicted molar refractivity (Wildman–Crippen MR) is 94.2 cm³/mol. The van der Waals surface area contributed by atoms with Crippen LogP contribution in [0, 0.1) is 0 Å². The fourth-order valence-corrected chi connectivity index (χ4v) is 3.41. The fourth-order valence-electron chi connectivity index (χ4n) is 3.12. The molecule has 1 saturated heterocycles. The highest BCUT2D eigenvalue weighted by Crippen LogP contribution is 2.37. The Morgan fingerprint density at radius 2 is 2.17 bits per heavy atom. The Labute approximate surface area is 148 Å². The fraction of sp³-hybridized carbons (Fsp3) is 0.588. The lowest BCUT2D eigenvalue weighted by molar-refractivity contribution is -0.135. The zero-order valence-electron chi connectivity index (χ0n) is 13.3. The van der Waals surface area contributed by atoms with Crippen LogP contribution >= 0.6 is 24.0 Å². The molecule has 1 aliphatic carbocycles. The van der Waals surface area contributed by atoms with Gasteiger partial charge in [0, 0.05) is 30.1 Å². The summed E-state index contributed by atoms with van der Waals surface area (Å²) in [6, 6.07) is 8.30. The van der Waals surface area contributed by atoms with Gasteiger partial charge in [0.1, 0.15) is 0 Å². The van der Waals surface area contributed by atoms with E-state index in [1.54, 1.807) is 0 Å². The first-order valence-electron chi connectivity index (χ1n) is 8.03. The van der Waals surface area contributed by atoms with Gasteiger partial charge in [-0.2, -0.15) is 0 Å². The maximum atomic E-state index is 12.8. The molecule has 4 nitrogen and oxygen atoms in total. The second-order valence-corrected chi connectivity index (χ2v) is 6.57. The molecule has 1 heterocycles. The Bertz CT molecular complexity index is 531. The lowest BCUT2D eigenvalue weighted by atomic mass is 10.0. The largest absolute Gasteiger partial charge is 0.378 e. The quantitative estimate of drug-likeness (QED) is 0.878. The van der Waals surface area contributed by atoms with Crippen LogP contribution in [0.5, 0.6) is 0 Å². The van der Waals surface area contributed by atoms with Crippen molar-refractivity contribution in [1.29, 1.82) is 0 Å². The minimum Gasteiger partial charge on any atom is -0.378 e. The number of morpholine rings is 1. The van der Waals surface area contributed by atoms with Gasteiger partial charge in [0.25, 0.3) is 0 Å². The summed E-state index contributed by atoms with van der Waals surface area (Å²) < 4.78 is 5.45. The first kappa shape index (κ1) is 18.5. The molecule has 1 aliphatic heterocycles. The highest BCUT2D eigenvalue weighted by atomic mass is 35.5. The van der Waals surface area contributed by atoms with E-state index in [9.17, 15) is 4.79 Å². The van der Waals surface area contributed by atoms with Crippen molar-refractivity contribution in [2.24, 2.45) is 0 Å². The van der Waals surface area contributed by atoms with Crippen LogP contribution in [0.4, 0.5) is 0 Å². The molecule has 1 N–H and O–H groups in total. The predicted octanol–water partition coefficient (Wildman–Crippen LogP) is 3.19. The minimum atomic E-state index is 0. The van der Waals surface area contributed by atoms with Crippen LogP contribution in [0.1, 0.15) is 37.8 Å². The third-order valence-corrected chi connectivity index (χ3v) is 4.76. The molecule has 0 spiro atoms. The molecule has 2 fully saturated rings. The number of rotatable bonds is 5. The third kappa shape index (κ3) is 4.60. The minimum absolute atomic E-state index is 0. The van der Waals surface area contributed by atoms with Gasteiger partial charge in [-0.1, -0.05) is 29.8 Å². The lowest BCUT2D eigenvalue weighted by Crippen LogP contribution is -2.46. The molecular weight excluding hydrogens is 335 g/mol. The van der Waals surface area contributed by atoms with Gasteiger partial charge in [-0.15, -0.1) is 12.4 Å². The Morgan fingerprint density at radius 1 is 1.43 bits per heavy atom. The van der Waals surface area contributed by atoms with Crippen molar-refractivity contribution in [3.63, 3.8) is 0 Å². The van der Waals surface area contributed by atoms with E-state index in [1.807, 2.05) is 29.2 Å². The first-order chi connectivity index (χ1) is 10.7. The Hall–Kier alpha value is -0.810. The van der Waals surface area contributed by atoms with Crippen LogP contribution < -0.4 is 5.32 Å². The van der Waals surface area contributed by atoms with E-state index in [2.05, 4.69) is 12.2 Å². The van der Waals surface area contributed by atoms with E-state index in [1.165, 1.54) is 0 Å². The number of carbonyl (C=O) groups excluding carboxylic acids is 1. The number of ether oxygens (including phenoxy) is 1. The highest BCUT2D eigenvalue weighted by Gasteiger charge is 2.37. The molecule has 1 aromatic rings. The summed E-state index contributed by atoms with van der Waals surface area (Å²) >= 11 is 6.31. The number of amides is 1. The lowest BCUT2D eigenvalue weighted by Gasteiger charge is -2.32. The molecule has 23 heavy (non-hydrogen) atoms. The van der Waals surface area contributed by atoms with Crippen LogP contribution in [-0.4, -0.2) is 42.6 Å². The van der Waals surface area contributed by atoms with Crippen LogP contribution in [0.3, 0.4) is 0 Å². The number of benzene rings is 1. The standard InChI is InChI=1S/C17H23ClN2O2.ClH/c1-12(15-4-2-3-5-16(15)18)20(14-6-7-14)17(21)10-13-11-22-9-8-19-13;/h2-5,12-14,19H,6-11H2,1H3;1H. The Morgan fingerprint density at radius 3 is 2.78 bits per heavy atom. The van der Waals surface area contributed by atoms with E-state index in [4.69, 9.17) is 16.3 Å². The maximum absolute atomic E-state index is 12.8. The number of hydrogen-bond donors (Lipinski definition) is 1. The average molecular weight is 359 g/mol. The average Bonchev–Trinajstić information content (AvgIpc) is 3.33. The van der Waals surface area contributed by atoms with Gasteiger partial charge in [0.05, 0.1) is 19.3 Å². The molecule has 1 saturated carbocycles. The Balaban J connectivity index is 0.00000192. The van der Waals surface area contributed by atoms with E-state index >= 15 is 0 Å². The van der Waals surface area contributed by atoms with Crippen molar-refractivity contribution in [3.05, 3.63) is 34.9 Å². The normalized spacial score (nSPS) is 22.1. The zero-order valence-corrected chi connectivity index (χ0v) is 14.9. The summed E-state index contributed by atoms with van der Waals surface area (Å²) in [5.41, 5.74) is 1.03. The molecule has 0 radical (unpaired) electrons. The van der Waals surface area contributed by atoms with Gasteiger partial charge in [-0.3, -0.25) is 4.79 Å². The number of hydrogen-bond acceptors (Lipinski definition) is 3. The number of carbonyl (C=O) groups is 1. The molecule has 6 heteroatoms. The van der Waals surface area contributed by atoms with Crippen molar-refractivity contribution >= 4 is 29.9 Å². The van der Waals surface area contributed by atoms with E-state index in [0.29, 0.717) is 19.1 Å². The van der Waals surface area contributed by atoms with Crippen LogP contribution in [0.15, 0.2) is 24.3 Å². The Kier molecular flexibility index (Phi) is 6.72. The van der Waals surface area contributed by atoms with Gasteiger partial charge in [0.2, 0.25) is 5.91 Å². The number of nitrogens with zero attached hydrogens (tertiary/aromatic N) is 1. The molecule has 3 rings (SSSR count). The monoisotopic (exact) mass is 358 g/mol. The molecular formula is C17H24Cl2N2O2. The first-order valence-corrected chi connectivity index (χ1v) is 8.41. The van der Waals surface area contributed by atoms with Crippen molar-refractivity contribution in [2.75, 3.05) is 19.8 Å². The number of nitrogens with one attached hydrogen (secondary N) is 1. The summed E-state index contributed by atoms with van der Waals surface area (Å²) in [5, 5.41) is 4.08. The SMILES string of the molecule is CC(c1ccccc1Cl)N(C(=O)CC1COCCN1)C1CC1.Cl. The topological polar surface area (TPSA) is 41.6 Å². The third-order valence-electron chi connectivity index (χ3n) is 4.42. The zero-order chi connectivity index (χ0) is 15.5. The summed E-state index contributed by atoms with van der Waals surface area (Å²) in [4.78, 5) is 14.8. The van der Waals surface area contributed by atoms with E-state index in [-0.39, 0.29) is 30.4 Å². The van der Waals surface area contributed by atoms with Crippen LogP contribution in [0.25, 0.3) is 0 Å². The van der Waals surface area contributed by atoms with Crippen molar-refractivity contribution < 1.29 is 9.53 Å². The maximum Gasteiger partial charge on any atom is 0.224 e. The summed E-state index contributed by atoms with van der Waals surface area (Å²) in [5.74, 6) is 0.193. The molecule has 2 aliphatic rings. The van der Waals surface area contributed by atoms with E-state index < -0.39 is 0 Å². The molecule has 1 aromatic carbocycles. The van der Waals surface area contributed by atoms with E-state index in [0.717, 1.165) is 36.6 Å². The molecule has 128 valence electrons. The second kappa shape index (κ2) is 8.34. The van der Waals surface area contributed by atoms with Gasteiger partial charge >= 0.3 is 0 Å². The van der Waals surface area contributed by atoms with Crippen LogP contribution in [0.2, 0.25) is 5.02 Å². The smallest absolute Gasteiger partial charge is 0.224 e. The number of halogens is 2. The van der Waals surface area contributed by atoms with Gasteiger partial charge in [0.15, 0.2) is 0 Å². The summed E-state index contributed by atoms with van der Waals surface area (Å²) in [7, 11) is 0. The molecule has 2 unspecified atom stereocenters. The second-order valence-electron chi connectivity index (χ2n) is 6.16. The van der Waals surface area contributed by atoms with Gasteiger partial charge in [-0.05, 0) is 31.4 Å². The van der Waals surface area contributed by atoms with Gasteiger partial charge in [-0.25, -0.2) is 0 Å². The molecule has 0 aromatic heterocycles. The van der Waals surface area contributed by atoms with Gasteiger partial charge < -0.3 is 15.0 Å². The van der Waals surface area contributed by atoms with Crippen molar-refractivity contribution in [1.82, 2.24) is 10.2 Å². The summed E-state index contributed by atoms with van der Waals surface area (Å²) in [6.45, 7) is 4.24. The summed E-state index contributed by atoms with van der Waals surface area (Å²) in [6.07, 6.45) is 2.68. The molecule has 1 amide bonds.